The van der Waals surface area contributed by atoms with Crippen molar-refractivity contribution in [3.05, 3.63) is 71.8 Å². The number of hydrogen-bond donors (Lipinski definition) is 0. The van der Waals surface area contributed by atoms with Crippen LogP contribution in [-0.2, 0) is 22.3 Å². The maximum absolute atomic E-state index is 6.10. The fraction of sp³-hybridized carbons (Fsp3) is 0.417. The lowest BCUT2D eigenvalue weighted by molar-refractivity contribution is 0.195. The molecule has 0 radical (unpaired) electrons. The lowest BCUT2D eigenvalue weighted by atomic mass is 9.68. The van der Waals surface area contributed by atoms with Gasteiger partial charge in [-0.1, -0.05) is 67.1 Å². The van der Waals surface area contributed by atoms with Crippen LogP contribution >= 0.6 is 0 Å². The molecule has 28 heavy (non-hydrogen) atoms. The zero-order valence-corrected chi connectivity index (χ0v) is 16.1. The Balaban J connectivity index is 1.31. The summed E-state index contributed by atoms with van der Waals surface area (Å²) < 4.78 is 12.2. The molecular weight excluding hydrogens is 348 g/mol. The fourth-order valence-electron chi connectivity index (χ4n) is 4.39. The molecule has 0 aromatic heterocycles. The van der Waals surface area contributed by atoms with Gasteiger partial charge in [-0.2, -0.15) is 0 Å². The maximum Gasteiger partial charge on any atom is 0.199 e. The van der Waals surface area contributed by atoms with Gasteiger partial charge in [0.25, 0.3) is 0 Å². The van der Waals surface area contributed by atoms with E-state index in [9.17, 15) is 0 Å². The summed E-state index contributed by atoms with van der Waals surface area (Å²) in [5.41, 5.74) is 2.40. The van der Waals surface area contributed by atoms with Crippen molar-refractivity contribution in [2.75, 3.05) is 13.2 Å². The van der Waals surface area contributed by atoms with Gasteiger partial charge in [-0.05, 0) is 36.8 Å². The van der Waals surface area contributed by atoms with Crippen LogP contribution in [0.3, 0.4) is 0 Å². The molecule has 0 saturated heterocycles. The summed E-state index contributed by atoms with van der Waals surface area (Å²) >= 11 is 0. The Morgan fingerprint density at radius 1 is 0.714 bits per heavy atom. The van der Waals surface area contributed by atoms with Crippen molar-refractivity contribution >= 4 is 11.8 Å². The molecule has 1 fully saturated rings. The zero-order valence-electron chi connectivity index (χ0n) is 16.1. The Morgan fingerprint density at radius 3 is 1.57 bits per heavy atom. The maximum atomic E-state index is 6.10. The van der Waals surface area contributed by atoms with E-state index in [4.69, 9.17) is 19.5 Å². The monoisotopic (exact) mass is 374 g/mol. The molecule has 144 valence electrons. The summed E-state index contributed by atoms with van der Waals surface area (Å²) in [5, 5.41) is 0. The number of ether oxygens (including phenoxy) is 2. The first-order valence-electron chi connectivity index (χ1n) is 10.3. The first-order valence-corrected chi connectivity index (χ1v) is 10.3. The van der Waals surface area contributed by atoms with E-state index in [-0.39, 0.29) is 17.5 Å². The second kappa shape index (κ2) is 7.42. The van der Waals surface area contributed by atoms with Gasteiger partial charge in [-0.3, -0.25) is 0 Å². The van der Waals surface area contributed by atoms with E-state index in [0.29, 0.717) is 13.2 Å². The Labute approximate surface area is 166 Å². The molecule has 2 aromatic rings. The van der Waals surface area contributed by atoms with Crippen LogP contribution in [0.5, 0.6) is 0 Å². The van der Waals surface area contributed by atoms with Crippen molar-refractivity contribution in [3.63, 3.8) is 0 Å². The molecule has 1 saturated carbocycles. The summed E-state index contributed by atoms with van der Waals surface area (Å²) in [4.78, 5) is 9.93. The molecule has 3 aliphatic rings. The van der Waals surface area contributed by atoms with E-state index < -0.39 is 0 Å². The third-order valence-corrected chi connectivity index (χ3v) is 6.08. The van der Waals surface area contributed by atoms with Gasteiger partial charge in [0, 0.05) is 0 Å². The zero-order chi connectivity index (χ0) is 18.8. The molecule has 0 spiro atoms. The van der Waals surface area contributed by atoms with Crippen LogP contribution in [0.15, 0.2) is 70.6 Å². The van der Waals surface area contributed by atoms with E-state index >= 15 is 0 Å². The van der Waals surface area contributed by atoms with Gasteiger partial charge in [-0.25, -0.2) is 9.98 Å². The Bertz CT molecular complexity index is 802. The highest BCUT2D eigenvalue weighted by molar-refractivity contribution is 6.07. The van der Waals surface area contributed by atoms with Crippen LogP contribution < -0.4 is 0 Å². The molecule has 2 aliphatic heterocycles. The summed E-state index contributed by atoms with van der Waals surface area (Å²) in [6, 6.07) is 21.4. The average Bonchev–Trinajstić information content (AvgIpc) is 3.34. The normalized spacial score (nSPS) is 25.3. The Kier molecular flexibility index (Phi) is 4.63. The highest BCUT2D eigenvalue weighted by Crippen LogP contribution is 2.47. The lowest BCUT2D eigenvalue weighted by Crippen LogP contribution is -2.45. The quantitative estimate of drug-likeness (QED) is 0.759. The van der Waals surface area contributed by atoms with Gasteiger partial charge in [0.05, 0.1) is 12.1 Å². The molecule has 0 amide bonds. The number of benzene rings is 2. The third kappa shape index (κ3) is 3.32. The van der Waals surface area contributed by atoms with Crippen LogP contribution in [0.2, 0.25) is 0 Å². The molecular formula is C24H26N2O2. The number of aliphatic imine (C=N–C) groups is 2. The molecule has 2 atom stereocenters. The fourth-order valence-corrected chi connectivity index (χ4v) is 4.39. The second-order valence-corrected chi connectivity index (χ2v) is 8.11. The van der Waals surface area contributed by atoms with Gasteiger partial charge in [0.15, 0.2) is 11.8 Å². The summed E-state index contributed by atoms with van der Waals surface area (Å²) in [5.74, 6) is 1.72. The van der Waals surface area contributed by atoms with Gasteiger partial charge >= 0.3 is 0 Å². The molecule has 2 heterocycles. The van der Waals surface area contributed by atoms with Crippen molar-refractivity contribution in [2.24, 2.45) is 15.4 Å². The highest BCUT2D eigenvalue weighted by Gasteiger charge is 2.52. The summed E-state index contributed by atoms with van der Waals surface area (Å²) in [6.45, 7) is 1.32. The van der Waals surface area contributed by atoms with Gasteiger partial charge in [0.1, 0.15) is 18.6 Å². The third-order valence-electron chi connectivity index (χ3n) is 6.08. The minimum absolute atomic E-state index is 0.192. The molecule has 0 N–H and O–H groups in total. The molecule has 2 unspecified atom stereocenters. The number of rotatable bonds is 6. The van der Waals surface area contributed by atoms with Crippen LogP contribution in [0.4, 0.5) is 0 Å². The summed E-state index contributed by atoms with van der Waals surface area (Å²) in [7, 11) is 0. The average molecular weight is 374 g/mol. The molecule has 2 aromatic carbocycles. The molecule has 0 bridgehead atoms. The molecule has 4 nitrogen and oxygen atoms in total. The van der Waals surface area contributed by atoms with Crippen LogP contribution in [0.1, 0.15) is 30.4 Å². The van der Waals surface area contributed by atoms with E-state index in [1.807, 2.05) is 12.1 Å². The van der Waals surface area contributed by atoms with Crippen LogP contribution in [0.25, 0.3) is 0 Å². The Hall–Kier alpha value is -2.62. The molecule has 4 heteroatoms. The van der Waals surface area contributed by atoms with Crippen molar-refractivity contribution < 1.29 is 9.47 Å². The van der Waals surface area contributed by atoms with Gasteiger partial charge in [-0.15, -0.1) is 0 Å². The molecule has 1 aliphatic carbocycles. The van der Waals surface area contributed by atoms with Crippen molar-refractivity contribution in [3.8, 4) is 0 Å². The largest absolute Gasteiger partial charge is 0.478 e. The van der Waals surface area contributed by atoms with Gasteiger partial charge < -0.3 is 9.47 Å². The van der Waals surface area contributed by atoms with Crippen LogP contribution in [0, 0.1) is 5.41 Å². The Morgan fingerprint density at radius 2 is 1.18 bits per heavy atom. The minimum atomic E-state index is -0.211. The topological polar surface area (TPSA) is 43.2 Å². The number of nitrogens with zero attached hydrogens (tertiary/aromatic N) is 2. The summed E-state index contributed by atoms with van der Waals surface area (Å²) in [6.07, 6.45) is 5.08. The van der Waals surface area contributed by atoms with Crippen molar-refractivity contribution in [2.45, 2.75) is 44.2 Å². The van der Waals surface area contributed by atoms with E-state index in [2.05, 4.69) is 48.5 Å². The number of hydrogen-bond acceptors (Lipinski definition) is 4. The van der Waals surface area contributed by atoms with E-state index in [1.165, 1.54) is 17.5 Å². The van der Waals surface area contributed by atoms with E-state index in [0.717, 1.165) is 37.5 Å². The first kappa shape index (κ1) is 17.5. The lowest BCUT2D eigenvalue weighted by Gasteiger charge is -2.39. The predicted octanol–water partition coefficient (Wildman–Crippen LogP) is 4.24. The smallest absolute Gasteiger partial charge is 0.199 e. The predicted molar refractivity (Wildman–Crippen MR) is 111 cm³/mol. The highest BCUT2D eigenvalue weighted by atomic mass is 16.5. The van der Waals surface area contributed by atoms with Crippen molar-refractivity contribution in [1.82, 2.24) is 0 Å². The standard InChI is InChI=1S/C24H26N2O2/c1-3-8-18(9-4-1)14-20-16-27-22(25-20)24(12-7-13-24)23-26-21(17-28-23)15-19-10-5-2-6-11-19/h1-6,8-11,20-21H,7,12-17H2. The van der Waals surface area contributed by atoms with Crippen molar-refractivity contribution in [1.29, 1.82) is 0 Å². The first-order chi connectivity index (χ1) is 13.8. The van der Waals surface area contributed by atoms with Crippen LogP contribution in [-0.4, -0.2) is 37.1 Å². The van der Waals surface area contributed by atoms with E-state index in [1.54, 1.807) is 0 Å². The molecule has 5 rings (SSSR count). The SMILES string of the molecule is c1ccc(CC2COC(C3(C4=NC(Cc5ccccc5)CO4)CCC3)=N2)cc1. The second-order valence-electron chi connectivity index (χ2n) is 8.11. The van der Waals surface area contributed by atoms with Gasteiger partial charge in [0.2, 0.25) is 0 Å². The minimum Gasteiger partial charge on any atom is -0.478 e.